The van der Waals surface area contributed by atoms with Crippen molar-refractivity contribution in [2.75, 3.05) is 11.9 Å². The van der Waals surface area contributed by atoms with Gasteiger partial charge in [0.25, 0.3) is 12.2 Å². The van der Waals surface area contributed by atoms with E-state index in [1.54, 1.807) is 12.1 Å². The van der Waals surface area contributed by atoms with Crippen LogP contribution in [0, 0.1) is 11.1 Å². The summed E-state index contributed by atoms with van der Waals surface area (Å²) in [6, 6.07) is 7.62. The van der Waals surface area contributed by atoms with Crippen LogP contribution in [-0.2, 0) is 10.3 Å². The lowest BCUT2D eigenvalue weighted by molar-refractivity contribution is -0.591. The molecule has 1 aromatic carbocycles. The lowest BCUT2D eigenvalue weighted by atomic mass is 9.82. The van der Waals surface area contributed by atoms with Crippen LogP contribution in [0.3, 0.4) is 0 Å². The highest BCUT2D eigenvalue weighted by Gasteiger charge is 2.53. The first-order chi connectivity index (χ1) is 12.0. The highest BCUT2D eigenvalue weighted by molar-refractivity contribution is 6.30. The van der Waals surface area contributed by atoms with Crippen LogP contribution in [0.5, 0.6) is 0 Å². The van der Waals surface area contributed by atoms with Crippen molar-refractivity contribution >= 4 is 23.1 Å². The van der Waals surface area contributed by atoms with Crippen LogP contribution in [0.2, 0.25) is 5.02 Å². The van der Waals surface area contributed by atoms with Gasteiger partial charge in [0.2, 0.25) is 0 Å². The van der Waals surface area contributed by atoms with E-state index in [2.05, 4.69) is 5.32 Å². The molecule has 0 amide bonds. The number of aromatic nitrogens is 1. The van der Waals surface area contributed by atoms with Crippen LogP contribution in [0.1, 0.15) is 30.4 Å². The summed E-state index contributed by atoms with van der Waals surface area (Å²) in [4.78, 5) is 0. The summed E-state index contributed by atoms with van der Waals surface area (Å²) in [5.74, 6) is 0.610. The largest absolute Gasteiger partial charge is 0.711 e. The van der Waals surface area contributed by atoms with Gasteiger partial charge in [0.05, 0.1) is 11.8 Å². The summed E-state index contributed by atoms with van der Waals surface area (Å²) < 4.78 is 35.3. The molecule has 132 valence electrons. The van der Waals surface area contributed by atoms with E-state index >= 15 is 0 Å². The lowest BCUT2D eigenvalue weighted by Crippen LogP contribution is -2.46. The van der Waals surface area contributed by atoms with Gasteiger partial charge in [-0.05, 0) is 42.7 Å². The molecule has 1 saturated carbocycles. The average Bonchev–Trinajstić information content (AvgIpc) is 3.39. The van der Waals surface area contributed by atoms with Crippen LogP contribution < -0.4 is 10.0 Å². The number of halogens is 3. The Morgan fingerprint density at radius 2 is 2.12 bits per heavy atom. The van der Waals surface area contributed by atoms with E-state index in [1.165, 1.54) is 24.4 Å². The Bertz CT molecular complexity index is 810. The smallest absolute Gasteiger partial charge is 0.289 e. The summed E-state index contributed by atoms with van der Waals surface area (Å²) in [7, 11) is 0. The molecule has 2 heterocycles. The second-order valence-corrected chi connectivity index (χ2v) is 6.96. The molecule has 0 radical (unpaired) electrons. The number of nitrogens with zero attached hydrogens (tertiary/aromatic N) is 1. The van der Waals surface area contributed by atoms with E-state index in [-0.39, 0.29) is 23.6 Å². The standard InChI is InChI=1S/C18H17ClF2N2O2/c19-12-5-6-15-14(10-12)18(17(20)21,25-9-7-11-3-4-11)13-2-1-8-23(24)16(13)22-15/h1-2,5-6,8,10-11,17,22H,3-4,7,9H2. The monoisotopic (exact) mass is 366 g/mol. The van der Waals surface area contributed by atoms with Crippen molar-refractivity contribution in [3.8, 4) is 0 Å². The van der Waals surface area contributed by atoms with Gasteiger partial charge in [-0.1, -0.05) is 24.4 Å². The molecule has 25 heavy (non-hydrogen) atoms. The van der Waals surface area contributed by atoms with Gasteiger partial charge >= 0.3 is 0 Å². The molecule has 1 N–H and O–H groups in total. The SMILES string of the molecule is [O-][n+]1cccc2c1Nc1ccc(Cl)cc1C2(OCCC1CC1)C(F)F. The van der Waals surface area contributed by atoms with Crippen molar-refractivity contribution in [3.05, 3.63) is 57.9 Å². The summed E-state index contributed by atoms with van der Waals surface area (Å²) >= 11 is 6.07. The predicted molar refractivity (Wildman–Crippen MR) is 90.2 cm³/mol. The Balaban J connectivity index is 1.87. The molecule has 1 fully saturated rings. The summed E-state index contributed by atoms with van der Waals surface area (Å²) in [5, 5.41) is 15.4. The molecular formula is C18H17ClF2N2O2. The normalized spacial score (nSPS) is 21.6. The number of rotatable bonds is 5. The molecule has 0 spiro atoms. The van der Waals surface area contributed by atoms with Crippen LogP contribution >= 0.6 is 11.6 Å². The molecule has 4 nitrogen and oxygen atoms in total. The van der Waals surface area contributed by atoms with Crippen LogP contribution in [0.25, 0.3) is 0 Å². The first-order valence-electron chi connectivity index (χ1n) is 8.24. The molecule has 0 bridgehead atoms. The number of nitrogens with one attached hydrogen (secondary N) is 1. The number of ether oxygens (including phenoxy) is 1. The maximum absolute atomic E-state index is 14.4. The van der Waals surface area contributed by atoms with Crippen molar-refractivity contribution in [1.29, 1.82) is 0 Å². The van der Waals surface area contributed by atoms with Crippen LogP contribution in [-0.4, -0.2) is 13.0 Å². The van der Waals surface area contributed by atoms with Crippen molar-refractivity contribution in [2.45, 2.75) is 31.3 Å². The average molecular weight is 367 g/mol. The van der Waals surface area contributed by atoms with Gasteiger partial charge in [0.15, 0.2) is 5.60 Å². The van der Waals surface area contributed by atoms with Crippen molar-refractivity contribution in [1.82, 2.24) is 0 Å². The van der Waals surface area contributed by atoms with E-state index in [9.17, 15) is 14.0 Å². The van der Waals surface area contributed by atoms with Crippen molar-refractivity contribution < 1.29 is 18.2 Å². The van der Waals surface area contributed by atoms with Gasteiger partial charge in [0.1, 0.15) is 5.69 Å². The zero-order valence-corrected chi connectivity index (χ0v) is 14.1. The zero-order chi connectivity index (χ0) is 17.6. The molecule has 1 aliphatic carbocycles. The number of benzene rings is 1. The maximum Gasteiger partial charge on any atom is 0.289 e. The fourth-order valence-corrected chi connectivity index (χ4v) is 3.54. The van der Waals surface area contributed by atoms with E-state index < -0.39 is 12.0 Å². The summed E-state index contributed by atoms with van der Waals surface area (Å²) in [5.41, 5.74) is -1.22. The molecule has 1 aromatic heterocycles. The molecular weight excluding hydrogens is 350 g/mol. The molecule has 1 aliphatic heterocycles. The highest BCUT2D eigenvalue weighted by atomic mass is 35.5. The zero-order valence-electron chi connectivity index (χ0n) is 13.3. The quantitative estimate of drug-likeness (QED) is 0.632. The van der Waals surface area contributed by atoms with Crippen molar-refractivity contribution in [2.24, 2.45) is 5.92 Å². The highest BCUT2D eigenvalue weighted by Crippen LogP contribution is 2.49. The molecule has 4 rings (SSSR count). The van der Waals surface area contributed by atoms with E-state index in [0.29, 0.717) is 21.4 Å². The number of hydrogen-bond acceptors (Lipinski definition) is 3. The number of fused-ring (bicyclic) bond motifs is 2. The Morgan fingerprint density at radius 1 is 1.32 bits per heavy atom. The number of hydrogen-bond donors (Lipinski definition) is 1. The van der Waals surface area contributed by atoms with E-state index in [4.69, 9.17) is 16.3 Å². The van der Waals surface area contributed by atoms with Gasteiger partial charge in [-0.15, -0.1) is 0 Å². The minimum Gasteiger partial charge on any atom is -0.711 e. The molecule has 1 unspecified atom stereocenters. The van der Waals surface area contributed by atoms with Gasteiger partial charge in [-0.3, -0.25) is 0 Å². The van der Waals surface area contributed by atoms with Gasteiger partial charge in [-0.25, -0.2) is 18.8 Å². The number of anilines is 2. The fraction of sp³-hybridized carbons (Fsp3) is 0.389. The second-order valence-electron chi connectivity index (χ2n) is 6.53. The Morgan fingerprint density at radius 3 is 2.84 bits per heavy atom. The first kappa shape index (κ1) is 16.5. The molecule has 0 saturated heterocycles. The maximum atomic E-state index is 14.4. The van der Waals surface area contributed by atoms with Crippen LogP contribution in [0.4, 0.5) is 20.3 Å². The van der Waals surface area contributed by atoms with Gasteiger partial charge in [0, 0.05) is 17.2 Å². The number of pyridine rings is 1. The van der Waals surface area contributed by atoms with Gasteiger partial charge < -0.3 is 9.94 Å². The topological polar surface area (TPSA) is 48.2 Å². The van der Waals surface area contributed by atoms with Crippen molar-refractivity contribution in [3.63, 3.8) is 0 Å². The lowest BCUT2D eigenvalue weighted by Gasteiger charge is -2.38. The summed E-state index contributed by atoms with van der Waals surface area (Å²) in [6.45, 7) is 0.203. The number of alkyl halides is 2. The predicted octanol–water partition coefficient (Wildman–Crippen LogP) is 4.36. The third-order valence-electron chi connectivity index (χ3n) is 4.85. The second kappa shape index (κ2) is 6.11. The third-order valence-corrected chi connectivity index (χ3v) is 5.09. The Hall–Kier alpha value is -1.92. The van der Waals surface area contributed by atoms with E-state index in [1.807, 2.05) is 0 Å². The third kappa shape index (κ3) is 2.73. The fourth-order valence-electron chi connectivity index (χ4n) is 3.36. The molecule has 2 aliphatic rings. The minimum absolute atomic E-state index is 0.0593. The molecule has 7 heteroatoms. The first-order valence-corrected chi connectivity index (χ1v) is 8.62. The van der Waals surface area contributed by atoms with Gasteiger partial charge in [-0.2, -0.15) is 0 Å². The minimum atomic E-state index is -2.85. The Kier molecular flexibility index (Phi) is 4.04. The van der Waals surface area contributed by atoms with E-state index in [0.717, 1.165) is 19.3 Å². The molecule has 1 atom stereocenters. The Labute approximate surface area is 149 Å². The van der Waals surface area contributed by atoms with Crippen LogP contribution in [0.15, 0.2) is 36.5 Å². The summed E-state index contributed by atoms with van der Waals surface area (Å²) in [6.07, 6.45) is 1.38. The molecule has 2 aromatic rings.